The predicted molar refractivity (Wildman–Crippen MR) is 47.2 cm³/mol. The number of aliphatic carboxylic acids is 1. The Morgan fingerprint density at radius 1 is 1.46 bits per heavy atom. The highest BCUT2D eigenvalue weighted by atomic mass is 16.4. The fourth-order valence-electron chi connectivity index (χ4n) is 3.14. The van der Waals surface area contributed by atoms with Crippen molar-refractivity contribution in [3.8, 4) is 0 Å². The van der Waals surface area contributed by atoms with Gasteiger partial charge in [-0.05, 0) is 30.6 Å². The quantitative estimate of drug-likeness (QED) is 0.645. The Kier molecular flexibility index (Phi) is 1.57. The van der Waals surface area contributed by atoms with E-state index in [-0.39, 0.29) is 11.3 Å². The Morgan fingerprint density at radius 2 is 2.08 bits per heavy atom. The second-order valence-electron chi connectivity index (χ2n) is 5.07. The van der Waals surface area contributed by atoms with E-state index in [1.807, 2.05) is 0 Å². The number of aliphatic hydroxyl groups is 1. The van der Waals surface area contributed by atoms with Crippen molar-refractivity contribution in [1.29, 1.82) is 0 Å². The molecule has 0 aromatic rings. The number of rotatable bonds is 1. The third-order valence-electron chi connectivity index (χ3n) is 4.29. The van der Waals surface area contributed by atoms with Crippen molar-refractivity contribution in [2.45, 2.75) is 38.7 Å². The smallest absolute Gasteiger partial charge is 0.335 e. The third kappa shape index (κ3) is 0.909. The molecule has 0 spiro atoms. The largest absolute Gasteiger partial charge is 0.479 e. The molecule has 0 saturated heterocycles. The summed E-state index contributed by atoms with van der Waals surface area (Å²) in [5.74, 6) is -0.461. The van der Waals surface area contributed by atoms with Crippen LogP contribution in [0.2, 0.25) is 0 Å². The minimum absolute atomic E-state index is 0.0192. The van der Waals surface area contributed by atoms with E-state index >= 15 is 0 Å². The van der Waals surface area contributed by atoms with Gasteiger partial charge in [-0.25, -0.2) is 4.79 Å². The van der Waals surface area contributed by atoms with E-state index < -0.39 is 11.6 Å². The zero-order chi connectivity index (χ0) is 9.85. The summed E-state index contributed by atoms with van der Waals surface area (Å²) in [6.07, 6.45) is 2.17. The average molecular weight is 184 g/mol. The number of carboxylic acid groups (broad SMARTS) is 1. The van der Waals surface area contributed by atoms with Gasteiger partial charge in [0.2, 0.25) is 0 Å². The van der Waals surface area contributed by atoms with Gasteiger partial charge in [-0.3, -0.25) is 0 Å². The van der Waals surface area contributed by atoms with Crippen molar-refractivity contribution in [3.05, 3.63) is 0 Å². The maximum atomic E-state index is 10.9. The van der Waals surface area contributed by atoms with Gasteiger partial charge in [0.1, 0.15) is 0 Å². The molecule has 3 saturated carbocycles. The zero-order valence-electron chi connectivity index (χ0n) is 8.08. The molecular formula is C10H16O3. The summed E-state index contributed by atoms with van der Waals surface area (Å²) in [6.45, 7) is 4.14. The first-order valence-corrected chi connectivity index (χ1v) is 4.85. The lowest BCUT2D eigenvalue weighted by molar-refractivity contribution is -0.217. The number of carboxylic acids is 1. The van der Waals surface area contributed by atoms with Gasteiger partial charge in [-0.15, -0.1) is 0 Å². The molecule has 0 aromatic carbocycles. The summed E-state index contributed by atoms with van der Waals surface area (Å²) >= 11 is 0. The van der Waals surface area contributed by atoms with Gasteiger partial charge in [0.25, 0.3) is 0 Å². The zero-order valence-corrected chi connectivity index (χ0v) is 8.08. The van der Waals surface area contributed by atoms with E-state index in [2.05, 4.69) is 13.8 Å². The topological polar surface area (TPSA) is 57.5 Å². The van der Waals surface area contributed by atoms with Crippen LogP contribution in [0.3, 0.4) is 0 Å². The molecular weight excluding hydrogens is 168 g/mol. The molecule has 3 heteroatoms. The molecule has 3 rings (SSSR count). The van der Waals surface area contributed by atoms with Gasteiger partial charge in [-0.1, -0.05) is 13.8 Å². The van der Waals surface area contributed by atoms with E-state index in [9.17, 15) is 9.90 Å². The highest BCUT2D eigenvalue weighted by Crippen LogP contribution is 2.62. The Bertz CT molecular complexity index is 257. The molecule has 13 heavy (non-hydrogen) atoms. The standard InChI is InChI=1S/C10H16O3/c1-9(2)6-3-4-10(13,8(11)12)7(9)5-6/h6-7,13H,3-5H2,1-2H3,(H,11,12). The second-order valence-corrected chi connectivity index (χ2v) is 5.07. The van der Waals surface area contributed by atoms with Gasteiger partial charge in [0, 0.05) is 5.92 Å². The van der Waals surface area contributed by atoms with Gasteiger partial charge in [0.05, 0.1) is 0 Å². The fraction of sp³-hybridized carbons (Fsp3) is 0.900. The van der Waals surface area contributed by atoms with Gasteiger partial charge in [-0.2, -0.15) is 0 Å². The van der Waals surface area contributed by atoms with E-state index in [1.165, 1.54) is 0 Å². The minimum atomic E-state index is -1.45. The molecule has 0 radical (unpaired) electrons. The van der Waals surface area contributed by atoms with Crippen LogP contribution in [-0.4, -0.2) is 21.8 Å². The van der Waals surface area contributed by atoms with Crippen LogP contribution >= 0.6 is 0 Å². The number of fused-ring (bicyclic) bond motifs is 2. The minimum Gasteiger partial charge on any atom is -0.479 e. The first kappa shape index (κ1) is 9.00. The molecule has 3 atom stereocenters. The monoisotopic (exact) mass is 184 g/mol. The van der Waals surface area contributed by atoms with Crippen molar-refractivity contribution < 1.29 is 15.0 Å². The average Bonchev–Trinajstić information content (AvgIpc) is 2.03. The van der Waals surface area contributed by atoms with Gasteiger partial charge < -0.3 is 10.2 Å². The molecule has 3 unspecified atom stereocenters. The predicted octanol–water partition coefficient (Wildman–Crippen LogP) is 1.26. The summed E-state index contributed by atoms with van der Waals surface area (Å²) in [5.41, 5.74) is -1.43. The Morgan fingerprint density at radius 3 is 2.38 bits per heavy atom. The normalized spacial score (nSPS) is 46.7. The summed E-state index contributed by atoms with van der Waals surface area (Å²) < 4.78 is 0. The Hall–Kier alpha value is -0.570. The maximum Gasteiger partial charge on any atom is 0.335 e. The fourth-order valence-corrected chi connectivity index (χ4v) is 3.14. The highest BCUT2D eigenvalue weighted by molar-refractivity contribution is 5.78. The summed E-state index contributed by atoms with van der Waals surface area (Å²) in [4.78, 5) is 10.9. The number of hydrogen-bond donors (Lipinski definition) is 2. The second kappa shape index (κ2) is 2.27. The lowest BCUT2D eigenvalue weighted by Gasteiger charge is -2.61. The highest BCUT2D eigenvalue weighted by Gasteiger charge is 2.63. The van der Waals surface area contributed by atoms with Crippen molar-refractivity contribution >= 4 is 5.97 Å². The molecule has 3 fully saturated rings. The molecule has 3 aliphatic carbocycles. The van der Waals surface area contributed by atoms with Crippen molar-refractivity contribution in [1.82, 2.24) is 0 Å². The molecule has 74 valence electrons. The van der Waals surface area contributed by atoms with Crippen molar-refractivity contribution in [3.63, 3.8) is 0 Å². The maximum absolute atomic E-state index is 10.9. The van der Waals surface area contributed by atoms with Crippen molar-refractivity contribution in [2.75, 3.05) is 0 Å². The van der Waals surface area contributed by atoms with Crippen LogP contribution in [-0.2, 0) is 4.79 Å². The van der Waals surface area contributed by atoms with Crippen LogP contribution in [0.15, 0.2) is 0 Å². The first-order valence-electron chi connectivity index (χ1n) is 4.85. The van der Waals surface area contributed by atoms with Crippen LogP contribution in [0.1, 0.15) is 33.1 Å². The van der Waals surface area contributed by atoms with Crippen LogP contribution in [0.25, 0.3) is 0 Å². The van der Waals surface area contributed by atoms with Gasteiger partial charge >= 0.3 is 5.97 Å². The van der Waals surface area contributed by atoms with Crippen molar-refractivity contribution in [2.24, 2.45) is 17.3 Å². The van der Waals surface area contributed by atoms with Crippen LogP contribution in [0.4, 0.5) is 0 Å². The molecule has 0 aliphatic heterocycles. The molecule has 0 amide bonds. The molecule has 0 heterocycles. The van der Waals surface area contributed by atoms with Crippen LogP contribution < -0.4 is 0 Å². The Balaban J connectivity index is 2.29. The molecule has 3 aliphatic rings. The summed E-state index contributed by atoms with van der Waals surface area (Å²) in [7, 11) is 0. The van der Waals surface area contributed by atoms with Crippen LogP contribution in [0, 0.1) is 17.3 Å². The van der Waals surface area contributed by atoms with Gasteiger partial charge in [0.15, 0.2) is 5.60 Å². The Labute approximate surface area is 77.8 Å². The van der Waals surface area contributed by atoms with E-state index in [1.54, 1.807) is 0 Å². The molecule has 0 aromatic heterocycles. The van der Waals surface area contributed by atoms with E-state index in [4.69, 9.17) is 5.11 Å². The number of carbonyl (C=O) groups is 1. The molecule has 2 N–H and O–H groups in total. The summed E-state index contributed by atoms with van der Waals surface area (Å²) in [6, 6.07) is 0. The third-order valence-corrected chi connectivity index (χ3v) is 4.29. The molecule has 2 bridgehead atoms. The van der Waals surface area contributed by atoms with E-state index in [0.29, 0.717) is 12.3 Å². The first-order chi connectivity index (χ1) is 5.89. The molecule has 3 nitrogen and oxygen atoms in total. The van der Waals surface area contributed by atoms with Crippen LogP contribution in [0.5, 0.6) is 0 Å². The summed E-state index contributed by atoms with van der Waals surface area (Å²) in [5, 5.41) is 19.0. The lowest BCUT2D eigenvalue weighted by atomic mass is 9.44. The number of hydrogen-bond acceptors (Lipinski definition) is 2. The van der Waals surface area contributed by atoms with E-state index in [0.717, 1.165) is 12.8 Å². The SMILES string of the molecule is CC1(C)C2CCC(O)(C(=O)O)C1C2. The lowest BCUT2D eigenvalue weighted by Crippen LogP contribution is -2.64.